The first kappa shape index (κ1) is 38.1. The van der Waals surface area contributed by atoms with E-state index in [9.17, 15) is 19.8 Å². The Morgan fingerprint density at radius 3 is 2.46 bits per heavy atom. The highest BCUT2D eigenvalue weighted by atomic mass is 16.7. The predicted molar refractivity (Wildman–Crippen MR) is 197 cm³/mol. The van der Waals surface area contributed by atoms with E-state index in [0.29, 0.717) is 64.3 Å². The van der Waals surface area contributed by atoms with E-state index in [1.165, 1.54) is 6.42 Å². The Labute approximate surface area is 299 Å². The van der Waals surface area contributed by atoms with Gasteiger partial charge in [0.2, 0.25) is 5.91 Å². The Hall–Kier alpha value is -3.16. The zero-order chi connectivity index (χ0) is 36.7. The number of rotatable bonds is 13. The molecule has 12 heteroatoms. The Morgan fingerprint density at radius 2 is 1.88 bits per heavy atom. The molecule has 4 fully saturated rings. The number of fused-ring (bicyclic) bond motifs is 2. The van der Waals surface area contributed by atoms with Gasteiger partial charge in [0.25, 0.3) is 5.91 Å². The van der Waals surface area contributed by atoms with Gasteiger partial charge in [-0.1, -0.05) is 44.4 Å². The lowest BCUT2D eigenvalue weighted by atomic mass is 9.45. The number of hydrogen-bond acceptors (Lipinski definition) is 9. The highest BCUT2D eigenvalue weighted by molar-refractivity contribution is 6.40. The Bertz CT molecular complexity index is 1550. The molecule has 1 saturated heterocycles. The summed E-state index contributed by atoms with van der Waals surface area (Å²) in [4.78, 5) is 37.7. The molecule has 2 aromatic carbocycles. The van der Waals surface area contributed by atoms with E-state index in [1.807, 2.05) is 62.3 Å². The molecule has 3 aliphatic carbocycles. The van der Waals surface area contributed by atoms with E-state index in [4.69, 9.17) is 17.4 Å². The predicted octanol–water partition coefficient (Wildman–Crippen LogP) is 2.17. The summed E-state index contributed by atoms with van der Waals surface area (Å²) in [5, 5.41) is 29.1. The maximum Gasteiger partial charge on any atom is 0.250 e. The summed E-state index contributed by atoms with van der Waals surface area (Å²) in [7, 11) is 16.0. The van der Waals surface area contributed by atoms with Crippen LogP contribution in [0, 0.1) is 29.1 Å². The minimum absolute atomic E-state index is 0.0306. The lowest BCUT2D eigenvalue weighted by Crippen LogP contribution is -2.62. The largest absolute Gasteiger partial charge is 0.496 e. The third-order valence-corrected chi connectivity index (χ3v) is 11.7. The molecule has 4 N–H and O–H groups in total. The number of amides is 2. The van der Waals surface area contributed by atoms with E-state index in [-0.39, 0.29) is 36.4 Å². The number of likely N-dealkylation sites (N-methyl/N-ethyl adjacent to an activating group) is 1. The number of anilines is 1. The van der Waals surface area contributed by atoms with Crippen molar-refractivity contribution in [3.8, 4) is 16.9 Å². The fraction of sp³-hybridized carbons (Fsp3) is 0.632. The molecule has 1 aliphatic heterocycles. The first-order valence-corrected chi connectivity index (χ1v) is 17.8. The maximum atomic E-state index is 14.2. The van der Waals surface area contributed by atoms with Crippen molar-refractivity contribution in [3.05, 3.63) is 41.5 Å². The molecule has 0 unspecified atom stereocenters. The van der Waals surface area contributed by atoms with E-state index in [1.54, 1.807) is 25.2 Å². The van der Waals surface area contributed by atoms with Gasteiger partial charge in [0.05, 0.1) is 26.4 Å². The first-order valence-electron chi connectivity index (χ1n) is 17.8. The second-order valence-corrected chi connectivity index (χ2v) is 15.6. The second kappa shape index (κ2) is 15.2. The van der Waals surface area contributed by atoms with Crippen LogP contribution < -0.4 is 25.7 Å². The number of methoxy groups -OCH3 is 1. The van der Waals surface area contributed by atoms with Crippen molar-refractivity contribution in [2.45, 2.75) is 71.4 Å². The van der Waals surface area contributed by atoms with Gasteiger partial charge >= 0.3 is 0 Å². The van der Waals surface area contributed by atoms with Crippen LogP contribution in [0.4, 0.5) is 5.69 Å². The van der Waals surface area contributed by atoms with Crippen LogP contribution in [-0.4, -0.2) is 119 Å². The van der Waals surface area contributed by atoms with Crippen LogP contribution in [0.3, 0.4) is 0 Å². The van der Waals surface area contributed by atoms with Crippen LogP contribution in [0.25, 0.3) is 11.1 Å². The number of nitrogens with zero attached hydrogens (tertiary/aromatic N) is 3. The summed E-state index contributed by atoms with van der Waals surface area (Å²) >= 11 is 0. The summed E-state index contributed by atoms with van der Waals surface area (Å²) in [6, 6.07) is 8.56. The summed E-state index contributed by atoms with van der Waals surface area (Å²) in [6.45, 7) is 9.47. The summed E-state index contributed by atoms with van der Waals surface area (Å²) in [5.74, 6) is 0.824. The van der Waals surface area contributed by atoms with Crippen LogP contribution in [0.15, 0.2) is 30.3 Å². The summed E-state index contributed by atoms with van der Waals surface area (Å²) < 4.78 is 6.03. The molecule has 8 atom stereocenters. The molecule has 6 rings (SSSR count). The minimum atomic E-state index is -0.909. The van der Waals surface area contributed by atoms with Gasteiger partial charge in [0.15, 0.2) is 0 Å². The van der Waals surface area contributed by atoms with Crippen LogP contribution in [0.5, 0.6) is 5.75 Å². The molecule has 2 radical (unpaired) electrons. The van der Waals surface area contributed by atoms with Gasteiger partial charge in [-0.05, 0) is 74.7 Å². The standard InChI is InChI=1S/C38H56BN5O6/c1-21-29-15-24(38(29,3)4)16-30(21)41-37(48)34-32(22(2)46)31(20-45)50-44(34)19-23-11-10-12-26(35(23)49-9)27-17-25(43(7)8)18-28(33(27)39)36(47)40-13-14-42(5)6/h10-12,17-18,21-22,24,29-32,34,45-46H,13-16,19-20H2,1-9H3,(H,40,47)(H,41,48)/t21-,22-,24+,29-,30-,31-,32+,34-/m0/s1. The second-order valence-electron chi connectivity index (χ2n) is 15.6. The third kappa shape index (κ3) is 7.28. The molecule has 3 saturated carbocycles. The van der Waals surface area contributed by atoms with Crippen LogP contribution in [0.1, 0.15) is 56.5 Å². The highest BCUT2D eigenvalue weighted by Gasteiger charge is 2.57. The Kier molecular flexibility index (Phi) is 11.6. The quantitative estimate of drug-likeness (QED) is 0.234. The maximum absolute atomic E-state index is 14.2. The number of aliphatic hydroxyl groups is 2. The molecule has 1 heterocycles. The molecule has 2 bridgehead atoms. The molecule has 0 spiro atoms. The molecule has 0 aromatic heterocycles. The third-order valence-electron chi connectivity index (χ3n) is 11.7. The average molecular weight is 690 g/mol. The van der Waals surface area contributed by atoms with Gasteiger partial charge in [-0.3, -0.25) is 14.4 Å². The lowest BCUT2D eigenvalue weighted by molar-refractivity contribution is -0.183. The fourth-order valence-electron chi connectivity index (χ4n) is 8.61. The number of carbonyl (C=O) groups is 2. The van der Waals surface area contributed by atoms with Gasteiger partial charge < -0.3 is 35.4 Å². The van der Waals surface area contributed by atoms with Crippen LogP contribution >= 0.6 is 0 Å². The van der Waals surface area contributed by atoms with Crippen molar-refractivity contribution in [2.24, 2.45) is 29.1 Å². The van der Waals surface area contributed by atoms with Gasteiger partial charge in [0.1, 0.15) is 25.7 Å². The smallest absolute Gasteiger partial charge is 0.250 e. The Balaban J connectivity index is 1.47. The van der Waals surface area contributed by atoms with Crippen molar-refractivity contribution in [1.29, 1.82) is 0 Å². The monoisotopic (exact) mass is 689 g/mol. The van der Waals surface area contributed by atoms with Gasteiger partial charge in [-0.15, -0.1) is 0 Å². The minimum Gasteiger partial charge on any atom is -0.496 e. The SMILES string of the molecule is [B]c1c(C(=O)NCCN(C)C)cc(N(C)C)cc1-c1cccc(CN2O[C@@H](CO)[C@@H]([C@H](C)O)[C@H]2C(=O)N[C@H]2C[C@H]3C[C@@H]([C@@H]2C)C3(C)C)c1OC. The van der Waals surface area contributed by atoms with Crippen molar-refractivity contribution >= 4 is 30.8 Å². The van der Waals surface area contributed by atoms with Crippen LogP contribution in [-0.2, 0) is 16.2 Å². The Morgan fingerprint density at radius 1 is 1.16 bits per heavy atom. The number of aliphatic hydroxyl groups excluding tert-OH is 2. The number of benzene rings is 2. The number of ether oxygens (including phenoxy) is 1. The van der Waals surface area contributed by atoms with Gasteiger partial charge in [-0.25, -0.2) is 0 Å². The van der Waals surface area contributed by atoms with Crippen molar-refractivity contribution in [1.82, 2.24) is 20.6 Å². The van der Waals surface area contributed by atoms with E-state index in [0.717, 1.165) is 12.1 Å². The zero-order valence-corrected chi connectivity index (χ0v) is 31.2. The van der Waals surface area contributed by atoms with E-state index in [2.05, 4.69) is 31.4 Å². The molecule has 50 heavy (non-hydrogen) atoms. The fourth-order valence-corrected chi connectivity index (χ4v) is 8.61. The zero-order valence-electron chi connectivity index (χ0n) is 31.2. The molecule has 2 amide bonds. The van der Waals surface area contributed by atoms with E-state index >= 15 is 0 Å². The molecular formula is C38H56BN5O6. The van der Waals surface area contributed by atoms with Gasteiger partial charge in [0, 0.05) is 61.5 Å². The molecule has 4 aliphatic rings. The highest BCUT2D eigenvalue weighted by Crippen LogP contribution is 2.61. The number of hydrogen-bond donors (Lipinski definition) is 4. The van der Waals surface area contributed by atoms with Crippen molar-refractivity contribution in [2.75, 3.05) is 59.9 Å². The number of para-hydroxylation sites is 1. The van der Waals surface area contributed by atoms with Crippen molar-refractivity contribution in [3.63, 3.8) is 0 Å². The number of carbonyl (C=O) groups excluding carboxylic acids is 2. The normalized spacial score (nSPS) is 27.8. The molecule has 2 aromatic rings. The summed E-state index contributed by atoms with van der Waals surface area (Å²) in [5.41, 5.74) is 3.78. The van der Waals surface area contributed by atoms with Crippen molar-refractivity contribution < 1.29 is 29.4 Å². The van der Waals surface area contributed by atoms with Crippen LogP contribution in [0.2, 0.25) is 0 Å². The number of nitrogens with one attached hydrogen (secondary N) is 2. The van der Waals surface area contributed by atoms with Gasteiger partial charge in [-0.2, -0.15) is 5.06 Å². The first-order chi connectivity index (χ1) is 23.6. The molecule has 272 valence electrons. The molecule has 11 nitrogen and oxygen atoms in total. The number of hydroxylamine groups is 2. The topological polar surface area (TPSA) is 127 Å². The lowest BCUT2D eigenvalue weighted by Gasteiger charge is -2.62. The molecular weight excluding hydrogens is 633 g/mol. The summed E-state index contributed by atoms with van der Waals surface area (Å²) in [6.07, 6.45) is 0.444. The average Bonchev–Trinajstić information content (AvgIpc) is 3.43. The van der Waals surface area contributed by atoms with E-state index < -0.39 is 24.2 Å².